The fourth-order valence-corrected chi connectivity index (χ4v) is 3.58. The number of nitrogens with one attached hydrogen (secondary N) is 2. The number of thiocarbonyl (C=S) groups is 2. The molecule has 2 N–H and O–H groups in total. The van der Waals surface area contributed by atoms with Crippen LogP contribution in [0.25, 0.3) is 28.0 Å². The Hall–Kier alpha value is -3.82. The van der Waals surface area contributed by atoms with Crippen molar-refractivity contribution in [2.45, 2.75) is 0 Å². The quantitative estimate of drug-likeness (QED) is 0.409. The number of rotatable bonds is 4. The summed E-state index contributed by atoms with van der Waals surface area (Å²) in [6, 6.07) is 22.1. The Morgan fingerprint density at radius 3 is 2.18 bits per heavy atom. The number of benzene rings is 3. The van der Waals surface area contributed by atoms with Gasteiger partial charge in [-0.25, -0.2) is 4.98 Å². The predicted molar refractivity (Wildman–Crippen MR) is 139 cm³/mol. The minimum Gasteiger partial charge on any atom is -0.474 e. The van der Waals surface area contributed by atoms with Crippen LogP contribution in [0.4, 0.5) is 11.4 Å². The zero-order valence-corrected chi connectivity index (χ0v) is 19.5. The molecule has 0 atom stereocenters. The van der Waals surface area contributed by atoms with E-state index < -0.39 is 0 Å². The second kappa shape index (κ2) is 9.76. The number of hydrogen-bond acceptors (Lipinski definition) is 6. The monoisotopic (exact) mass is 476 g/mol. The van der Waals surface area contributed by atoms with Gasteiger partial charge in [-0.2, -0.15) is 0 Å². The van der Waals surface area contributed by atoms with Crippen LogP contribution in [0.3, 0.4) is 0 Å². The third kappa shape index (κ3) is 4.84. The van der Waals surface area contributed by atoms with E-state index in [1.807, 2.05) is 54.6 Å². The SMILES string of the molecule is COC(=S)Nc1cccc(-c2nc3ccc(NC(=S)OC)cc3c(=O)n2-c2ccccc2)c1. The minimum absolute atomic E-state index is 0.209. The molecule has 9 heteroatoms. The van der Waals surface area contributed by atoms with Gasteiger partial charge in [-0.05, 0) is 66.9 Å². The van der Waals surface area contributed by atoms with Crippen molar-refractivity contribution in [3.8, 4) is 17.1 Å². The molecular weight excluding hydrogens is 456 g/mol. The van der Waals surface area contributed by atoms with E-state index in [1.54, 1.807) is 22.8 Å². The maximum absolute atomic E-state index is 13.7. The number of nitrogens with zero attached hydrogens (tertiary/aromatic N) is 2. The summed E-state index contributed by atoms with van der Waals surface area (Å²) in [4.78, 5) is 18.6. The lowest BCUT2D eigenvalue weighted by atomic mass is 10.1. The highest BCUT2D eigenvalue weighted by Gasteiger charge is 2.16. The van der Waals surface area contributed by atoms with E-state index in [1.165, 1.54) is 14.2 Å². The van der Waals surface area contributed by atoms with Crippen molar-refractivity contribution in [1.82, 2.24) is 9.55 Å². The van der Waals surface area contributed by atoms with Crippen molar-refractivity contribution in [2.24, 2.45) is 0 Å². The molecule has 0 bridgehead atoms. The van der Waals surface area contributed by atoms with Gasteiger partial charge in [-0.3, -0.25) is 9.36 Å². The molecule has 0 aliphatic rings. The summed E-state index contributed by atoms with van der Waals surface area (Å²) in [6.07, 6.45) is 0. The minimum atomic E-state index is -0.209. The third-order valence-corrected chi connectivity index (χ3v) is 5.40. The molecule has 0 radical (unpaired) electrons. The highest BCUT2D eigenvalue weighted by Crippen LogP contribution is 2.26. The largest absolute Gasteiger partial charge is 0.474 e. The Kier molecular flexibility index (Phi) is 6.62. The Morgan fingerprint density at radius 2 is 1.52 bits per heavy atom. The molecule has 4 rings (SSSR count). The molecule has 0 aliphatic heterocycles. The summed E-state index contributed by atoms with van der Waals surface area (Å²) in [5, 5.41) is 6.85. The molecule has 3 aromatic carbocycles. The van der Waals surface area contributed by atoms with Gasteiger partial charge in [-0.15, -0.1) is 0 Å². The van der Waals surface area contributed by atoms with E-state index in [4.69, 9.17) is 38.9 Å². The zero-order chi connectivity index (χ0) is 23.4. The third-order valence-electron chi connectivity index (χ3n) is 4.87. The molecule has 0 spiro atoms. The summed E-state index contributed by atoms with van der Waals surface area (Å²) < 4.78 is 11.6. The van der Waals surface area contributed by atoms with Crippen molar-refractivity contribution in [1.29, 1.82) is 0 Å². The van der Waals surface area contributed by atoms with Crippen LogP contribution in [0.15, 0.2) is 77.6 Å². The molecule has 33 heavy (non-hydrogen) atoms. The first-order valence-corrected chi connectivity index (χ1v) is 10.7. The van der Waals surface area contributed by atoms with E-state index in [0.717, 1.165) is 11.3 Å². The van der Waals surface area contributed by atoms with E-state index in [-0.39, 0.29) is 15.9 Å². The van der Waals surface area contributed by atoms with Crippen LogP contribution < -0.4 is 16.2 Å². The first kappa shape index (κ1) is 22.4. The standard InChI is InChI=1S/C24H20N4O3S2/c1-30-23(32)25-16-8-6-7-15(13-16)21-27-20-12-11-17(26-24(33)31-2)14-19(20)22(29)28(21)18-9-4-3-5-10-18/h3-14H,1-2H3,(H,25,32)(H,26,33). The Bertz CT molecular complexity index is 1400. The van der Waals surface area contributed by atoms with Gasteiger partial charge in [0, 0.05) is 16.9 Å². The van der Waals surface area contributed by atoms with E-state index in [2.05, 4.69) is 10.6 Å². The average Bonchev–Trinajstić information content (AvgIpc) is 2.84. The molecule has 1 heterocycles. The molecule has 0 saturated carbocycles. The fourth-order valence-electron chi connectivity index (χ4n) is 3.35. The van der Waals surface area contributed by atoms with Gasteiger partial charge in [0.05, 0.1) is 30.8 Å². The number of methoxy groups -OCH3 is 2. The van der Waals surface area contributed by atoms with Gasteiger partial charge >= 0.3 is 0 Å². The predicted octanol–water partition coefficient (Wildman–Crippen LogP) is 4.74. The number of ether oxygens (including phenoxy) is 2. The molecule has 166 valence electrons. The van der Waals surface area contributed by atoms with Crippen LogP contribution in [0.2, 0.25) is 0 Å². The highest BCUT2D eigenvalue weighted by atomic mass is 32.1. The number of hydrogen-bond donors (Lipinski definition) is 2. The summed E-state index contributed by atoms with van der Waals surface area (Å²) in [5.41, 5.74) is 3.15. The molecule has 0 saturated heterocycles. The second-order valence-electron chi connectivity index (χ2n) is 6.96. The highest BCUT2D eigenvalue weighted by molar-refractivity contribution is 7.80. The van der Waals surface area contributed by atoms with Crippen molar-refractivity contribution < 1.29 is 9.47 Å². The van der Waals surface area contributed by atoms with E-state index in [9.17, 15) is 4.79 Å². The zero-order valence-electron chi connectivity index (χ0n) is 17.9. The Morgan fingerprint density at radius 1 is 0.848 bits per heavy atom. The van der Waals surface area contributed by atoms with Gasteiger partial charge in [0.2, 0.25) is 0 Å². The van der Waals surface area contributed by atoms with Crippen LogP contribution in [0, 0.1) is 0 Å². The summed E-state index contributed by atoms with van der Waals surface area (Å²) >= 11 is 10.2. The molecule has 7 nitrogen and oxygen atoms in total. The van der Waals surface area contributed by atoms with Crippen LogP contribution in [0.5, 0.6) is 0 Å². The number of anilines is 2. The lowest BCUT2D eigenvalue weighted by Crippen LogP contribution is -2.22. The first-order chi connectivity index (χ1) is 16.0. The van der Waals surface area contributed by atoms with Gasteiger partial charge in [0.1, 0.15) is 5.82 Å². The Balaban J connectivity index is 1.93. The smallest absolute Gasteiger partial charge is 0.266 e. The molecule has 4 aromatic rings. The van der Waals surface area contributed by atoms with Gasteiger partial charge < -0.3 is 20.1 Å². The summed E-state index contributed by atoms with van der Waals surface area (Å²) in [6.45, 7) is 0. The van der Waals surface area contributed by atoms with Crippen molar-refractivity contribution in [2.75, 3.05) is 24.9 Å². The van der Waals surface area contributed by atoms with Crippen LogP contribution in [-0.4, -0.2) is 34.1 Å². The molecule has 1 aromatic heterocycles. The van der Waals surface area contributed by atoms with Crippen LogP contribution in [-0.2, 0) is 9.47 Å². The number of fused-ring (bicyclic) bond motifs is 1. The maximum Gasteiger partial charge on any atom is 0.266 e. The lowest BCUT2D eigenvalue weighted by molar-refractivity contribution is 0.413. The maximum atomic E-state index is 13.7. The lowest BCUT2D eigenvalue weighted by Gasteiger charge is -2.15. The van der Waals surface area contributed by atoms with Crippen molar-refractivity contribution in [3.63, 3.8) is 0 Å². The number of aromatic nitrogens is 2. The molecule has 0 amide bonds. The Labute approximate surface area is 201 Å². The average molecular weight is 477 g/mol. The van der Waals surface area contributed by atoms with Gasteiger partial charge in [-0.1, -0.05) is 30.3 Å². The van der Waals surface area contributed by atoms with Crippen LogP contribution >= 0.6 is 24.4 Å². The van der Waals surface area contributed by atoms with Crippen LogP contribution in [0.1, 0.15) is 0 Å². The van der Waals surface area contributed by atoms with E-state index in [0.29, 0.717) is 28.1 Å². The molecule has 0 fully saturated rings. The molecule has 0 unspecified atom stereocenters. The molecular formula is C24H20N4O3S2. The van der Waals surface area contributed by atoms with Crippen molar-refractivity contribution >= 4 is 57.1 Å². The summed E-state index contributed by atoms with van der Waals surface area (Å²) in [7, 11) is 2.98. The van der Waals surface area contributed by atoms with Gasteiger partial charge in [0.25, 0.3) is 15.9 Å². The molecule has 0 aliphatic carbocycles. The normalized spacial score (nSPS) is 10.5. The number of para-hydroxylation sites is 1. The fraction of sp³-hybridized carbons (Fsp3) is 0.0833. The first-order valence-electron chi connectivity index (χ1n) is 9.93. The summed E-state index contributed by atoms with van der Waals surface area (Å²) in [5.74, 6) is 0.499. The topological polar surface area (TPSA) is 77.4 Å². The second-order valence-corrected chi connectivity index (χ2v) is 7.70. The van der Waals surface area contributed by atoms with E-state index >= 15 is 0 Å². The van der Waals surface area contributed by atoms with Gasteiger partial charge in [0.15, 0.2) is 0 Å². The van der Waals surface area contributed by atoms with Crippen molar-refractivity contribution in [3.05, 3.63) is 83.2 Å².